The Kier molecular flexibility index (Phi) is 8.34. The molecule has 7 heteroatoms. The van der Waals surface area contributed by atoms with Crippen molar-refractivity contribution >= 4 is 21.6 Å². The van der Waals surface area contributed by atoms with Gasteiger partial charge in [0, 0.05) is 6.54 Å². The van der Waals surface area contributed by atoms with Crippen molar-refractivity contribution in [2.75, 3.05) is 24.5 Å². The van der Waals surface area contributed by atoms with Crippen molar-refractivity contribution in [3.63, 3.8) is 0 Å². The van der Waals surface area contributed by atoms with Gasteiger partial charge in [-0.2, -0.15) is 0 Å². The van der Waals surface area contributed by atoms with E-state index in [1.807, 2.05) is 57.2 Å². The fourth-order valence-corrected chi connectivity index (χ4v) is 5.14. The summed E-state index contributed by atoms with van der Waals surface area (Å²) in [4.78, 5) is 13.0. The van der Waals surface area contributed by atoms with Crippen molar-refractivity contribution < 1.29 is 17.9 Å². The standard InChI is InChI=1S/C27H32N2O4S/c1-20-11-14-25(15-12-20)34(31,32)29(26-17-21(2)10-13-22(26)3)19-27(30)28-16-6-8-23-7-5-9-24(18-23)33-4/h5,7,9-15,17-18H,6,8,16,19H2,1-4H3,(H,28,30). The van der Waals surface area contributed by atoms with Gasteiger partial charge in [-0.3, -0.25) is 9.10 Å². The lowest BCUT2D eigenvalue weighted by Crippen LogP contribution is -2.41. The molecule has 1 N–H and O–H groups in total. The van der Waals surface area contributed by atoms with Crippen LogP contribution in [-0.2, 0) is 21.2 Å². The van der Waals surface area contributed by atoms with Crippen molar-refractivity contribution in [3.05, 3.63) is 89.0 Å². The van der Waals surface area contributed by atoms with Crippen molar-refractivity contribution in [2.45, 2.75) is 38.5 Å². The number of carbonyl (C=O) groups is 1. The zero-order valence-corrected chi connectivity index (χ0v) is 21.0. The molecular formula is C27H32N2O4S. The molecule has 0 unspecified atom stereocenters. The molecule has 0 saturated carbocycles. The first-order chi connectivity index (χ1) is 16.2. The molecule has 0 atom stereocenters. The Hall–Kier alpha value is -3.32. The number of amides is 1. The number of nitrogens with zero attached hydrogens (tertiary/aromatic N) is 1. The summed E-state index contributed by atoms with van der Waals surface area (Å²) >= 11 is 0. The summed E-state index contributed by atoms with van der Waals surface area (Å²) in [7, 11) is -2.30. The number of hydrogen-bond acceptors (Lipinski definition) is 4. The van der Waals surface area contributed by atoms with Gasteiger partial charge in [-0.1, -0.05) is 42.0 Å². The molecule has 3 aromatic carbocycles. The molecule has 0 fully saturated rings. The maximum Gasteiger partial charge on any atom is 0.264 e. The van der Waals surface area contributed by atoms with E-state index in [0.717, 1.165) is 40.8 Å². The predicted octanol–water partition coefficient (Wildman–Crippen LogP) is 4.56. The number of sulfonamides is 1. The van der Waals surface area contributed by atoms with Gasteiger partial charge in [-0.15, -0.1) is 0 Å². The maximum absolute atomic E-state index is 13.6. The predicted molar refractivity (Wildman–Crippen MR) is 136 cm³/mol. The van der Waals surface area contributed by atoms with Crippen molar-refractivity contribution in [3.8, 4) is 5.75 Å². The summed E-state index contributed by atoms with van der Waals surface area (Å²) in [5, 5.41) is 2.87. The number of carbonyl (C=O) groups excluding carboxylic acids is 1. The molecule has 180 valence electrons. The molecule has 0 aliphatic heterocycles. The molecule has 0 saturated heterocycles. The number of aryl methyl sites for hydroxylation is 4. The minimum atomic E-state index is -3.93. The van der Waals surface area contributed by atoms with Crippen LogP contribution in [0.2, 0.25) is 0 Å². The van der Waals surface area contributed by atoms with E-state index < -0.39 is 10.0 Å². The number of methoxy groups -OCH3 is 1. The number of anilines is 1. The van der Waals surface area contributed by atoms with Crippen molar-refractivity contribution in [2.24, 2.45) is 0 Å². The number of nitrogens with one attached hydrogen (secondary N) is 1. The number of ether oxygens (including phenoxy) is 1. The molecule has 6 nitrogen and oxygen atoms in total. The minimum Gasteiger partial charge on any atom is -0.497 e. The average Bonchev–Trinajstić information content (AvgIpc) is 2.82. The highest BCUT2D eigenvalue weighted by Crippen LogP contribution is 2.28. The Morgan fingerprint density at radius 2 is 1.65 bits per heavy atom. The SMILES string of the molecule is COc1cccc(CCCNC(=O)CN(c2cc(C)ccc2C)S(=O)(=O)c2ccc(C)cc2)c1. The Bertz CT molecular complexity index is 1240. The molecule has 0 aromatic heterocycles. The van der Waals surface area contributed by atoms with Gasteiger partial charge in [0.25, 0.3) is 10.0 Å². The maximum atomic E-state index is 13.6. The van der Waals surface area contributed by atoms with E-state index in [1.165, 1.54) is 4.31 Å². The smallest absolute Gasteiger partial charge is 0.264 e. The first kappa shape index (κ1) is 25.3. The second-order valence-electron chi connectivity index (χ2n) is 8.42. The summed E-state index contributed by atoms with van der Waals surface area (Å²) < 4.78 is 33.6. The van der Waals surface area contributed by atoms with Gasteiger partial charge < -0.3 is 10.1 Å². The van der Waals surface area contributed by atoms with Gasteiger partial charge in [0.15, 0.2) is 0 Å². The first-order valence-corrected chi connectivity index (χ1v) is 12.7. The molecule has 0 aliphatic rings. The molecular weight excluding hydrogens is 448 g/mol. The Morgan fingerprint density at radius 3 is 2.35 bits per heavy atom. The van der Waals surface area contributed by atoms with Crippen LogP contribution in [0.15, 0.2) is 71.6 Å². The third-order valence-electron chi connectivity index (χ3n) is 5.63. The average molecular weight is 481 g/mol. The van der Waals surface area contributed by atoms with Crippen LogP contribution in [0.3, 0.4) is 0 Å². The van der Waals surface area contributed by atoms with E-state index in [2.05, 4.69) is 5.32 Å². The Balaban J connectivity index is 1.74. The van der Waals surface area contributed by atoms with E-state index in [0.29, 0.717) is 12.2 Å². The third-order valence-corrected chi connectivity index (χ3v) is 7.40. The van der Waals surface area contributed by atoms with Crippen LogP contribution in [0, 0.1) is 20.8 Å². The highest BCUT2D eigenvalue weighted by atomic mass is 32.2. The highest BCUT2D eigenvalue weighted by Gasteiger charge is 2.28. The van der Waals surface area contributed by atoms with Gasteiger partial charge >= 0.3 is 0 Å². The second-order valence-corrected chi connectivity index (χ2v) is 10.3. The molecule has 3 rings (SSSR count). The molecule has 1 amide bonds. The van der Waals surface area contributed by atoms with Gasteiger partial charge in [0.05, 0.1) is 17.7 Å². The molecule has 0 spiro atoms. The van der Waals surface area contributed by atoms with Crippen LogP contribution in [0.4, 0.5) is 5.69 Å². The number of hydrogen-bond donors (Lipinski definition) is 1. The molecule has 0 heterocycles. The van der Waals surface area contributed by atoms with E-state index in [9.17, 15) is 13.2 Å². The second kappa shape index (κ2) is 11.2. The van der Waals surface area contributed by atoms with Crippen molar-refractivity contribution in [1.82, 2.24) is 5.32 Å². The zero-order valence-electron chi connectivity index (χ0n) is 20.2. The Labute approximate surface area is 202 Å². The minimum absolute atomic E-state index is 0.157. The lowest BCUT2D eigenvalue weighted by molar-refractivity contribution is -0.119. The van der Waals surface area contributed by atoms with Crippen LogP contribution in [0.5, 0.6) is 5.75 Å². The normalized spacial score (nSPS) is 11.2. The van der Waals surface area contributed by atoms with Gasteiger partial charge in [0.1, 0.15) is 12.3 Å². The highest BCUT2D eigenvalue weighted by molar-refractivity contribution is 7.92. The largest absolute Gasteiger partial charge is 0.497 e. The van der Waals surface area contributed by atoms with E-state index in [4.69, 9.17) is 4.74 Å². The lowest BCUT2D eigenvalue weighted by atomic mass is 10.1. The van der Waals surface area contributed by atoms with Gasteiger partial charge in [0.2, 0.25) is 5.91 Å². The first-order valence-electron chi connectivity index (χ1n) is 11.3. The summed E-state index contributed by atoms with van der Waals surface area (Å²) in [5.74, 6) is 0.453. The van der Waals surface area contributed by atoms with Gasteiger partial charge in [-0.25, -0.2) is 8.42 Å². The number of benzene rings is 3. The fraction of sp³-hybridized carbons (Fsp3) is 0.296. The quantitative estimate of drug-likeness (QED) is 0.432. The van der Waals surface area contributed by atoms with Crippen LogP contribution in [-0.4, -0.2) is 34.5 Å². The molecule has 0 bridgehead atoms. The third kappa shape index (κ3) is 6.38. The zero-order chi connectivity index (χ0) is 24.7. The summed E-state index contributed by atoms with van der Waals surface area (Å²) in [6.45, 7) is 5.80. The molecule has 0 aliphatic carbocycles. The van der Waals surface area contributed by atoms with Crippen LogP contribution in [0.25, 0.3) is 0 Å². The molecule has 3 aromatic rings. The van der Waals surface area contributed by atoms with E-state index in [-0.39, 0.29) is 17.3 Å². The topological polar surface area (TPSA) is 75.7 Å². The van der Waals surface area contributed by atoms with E-state index >= 15 is 0 Å². The summed E-state index contributed by atoms with van der Waals surface area (Å²) in [6, 6.07) is 20.1. The monoisotopic (exact) mass is 480 g/mol. The molecule has 34 heavy (non-hydrogen) atoms. The van der Waals surface area contributed by atoms with Crippen molar-refractivity contribution in [1.29, 1.82) is 0 Å². The molecule has 0 radical (unpaired) electrons. The van der Waals surface area contributed by atoms with Gasteiger partial charge in [-0.05, 0) is 80.6 Å². The fourth-order valence-electron chi connectivity index (χ4n) is 3.66. The lowest BCUT2D eigenvalue weighted by Gasteiger charge is -2.26. The van der Waals surface area contributed by atoms with Crippen LogP contribution >= 0.6 is 0 Å². The number of rotatable bonds is 10. The Morgan fingerprint density at radius 1 is 0.941 bits per heavy atom. The van der Waals surface area contributed by atoms with Crippen LogP contribution in [0.1, 0.15) is 28.7 Å². The summed E-state index contributed by atoms with van der Waals surface area (Å²) in [5.41, 5.74) is 4.29. The van der Waals surface area contributed by atoms with Crippen LogP contribution < -0.4 is 14.4 Å². The van der Waals surface area contributed by atoms with E-state index in [1.54, 1.807) is 37.4 Å². The summed E-state index contributed by atoms with van der Waals surface area (Å²) in [6.07, 6.45) is 1.51.